The average molecular weight is 472 g/mol. The highest BCUT2D eigenvalue weighted by Gasteiger charge is 2.29. The number of H-pyrrole nitrogens is 1. The van der Waals surface area contributed by atoms with Gasteiger partial charge in [-0.1, -0.05) is 6.42 Å². The molecule has 6 rings (SSSR count). The summed E-state index contributed by atoms with van der Waals surface area (Å²) in [4.78, 5) is 25.1. The number of carbonyl (C=O) groups is 1. The van der Waals surface area contributed by atoms with Crippen molar-refractivity contribution in [1.29, 1.82) is 0 Å². The van der Waals surface area contributed by atoms with Gasteiger partial charge < -0.3 is 19.2 Å². The first-order valence-electron chi connectivity index (χ1n) is 11.2. The van der Waals surface area contributed by atoms with Crippen molar-refractivity contribution in [3.05, 3.63) is 30.2 Å². The van der Waals surface area contributed by atoms with E-state index in [4.69, 9.17) is 14.2 Å². The monoisotopic (exact) mass is 471 g/mol. The number of nitrogens with one attached hydrogen (secondary N) is 2. The quantitative estimate of drug-likeness (QED) is 0.565. The first kappa shape index (κ1) is 21.8. The molecule has 0 unspecified atom stereocenters. The maximum absolute atomic E-state index is 13.0. The highest BCUT2D eigenvalue weighted by atomic mass is 35.5. The number of aromatic nitrogens is 3. The van der Waals surface area contributed by atoms with Crippen LogP contribution in [-0.4, -0.2) is 52.4 Å². The zero-order valence-corrected chi connectivity index (χ0v) is 19.0. The normalized spacial score (nSPS) is 17.6. The Hall–Kier alpha value is -3.04. The highest BCUT2D eigenvalue weighted by molar-refractivity contribution is 6.08. The van der Waals surface area contributed by atoms with Crippen molar-refractivity contribution in [3.63, 3.8) is 0 Å². The Morgan fingerprint density at radius 2 is 2.03 bits per heavy atom. The fourth-order valence-corrected chi connectivity index (χ4v) is 4.30. The molecule has 2 fully saturated rings. The number of ether oxygens (including phenoxy) is 3. The van der Waals surface area contributed by atoms with Crippen LogP contribution in [0.1, 0.15) is 42.5 Å². The van der Waals surface area contributed by atoms with E-state index in [1.165, 1.54) is 25.6 Å². The van der Waals surface area contributed by atoms with E-state index in [1.54, 1.807) is 6.20 Å². The van der Waals surface area contributed by atoms with Gasteiger partial charge in [-0.25, -0.2) is 15.0 Å². The molecule has 0 atom stereocenters. The van der Waals surface area contributed by atoms with Crippen molar-refractivity contribution >= 4 is 29.3 Å². The Bertz CT molecular complexity index is 1170. The molecule has 0 spiro atoms. The third-order valence-corrected chi connectivity index (χ3v) is 6.23. The summed E-state index contributed by atoms with van der Waals surface area (Å²) in [5.41, 5.74) is 6.07. The SMILES string of the molecule is Cl.O=C(NN1CCCCC1)c1c[nH]c2c(-c3c(OCC4CC4)ccc4c3OCO4)ncnc12. The standard InChI is InChI=1S/C23H25N5O4.ClH/c29-23(27-28-8-2-1-3-9-28)15-10-24-21-19(15)25-12-26-20(21)18-16(30-11-14-4-5-14)6-7-17-22(18)32-13-31-17;/h6-7,10,12,14,24H,1-5,8-9,11,13H2,(H,27,29);1H. The zero-order valence-electron chi connectivity index (χ0n) is 18.1. The van der Waals surface area contributed by atoms with Gasteiger partial charge in [0.25, 0.3) is 5.91 Å². The molecule has 1 amide bonds. The molecule has 3 aliphatic rings. The molecule has 2 aliphatic heterocycles. The van der Waals surface area contributed by atoms with Crippen LogP contribution >= 0.6 is 12.4 Å². The van der Waals surface area contributed by atoms with Gasteiger partial charge in [0.2, 0.25) is 6.79 Å². The van der Waals surface area contributed by atoms with Crippen LogP contribution in [0.4, 0.5) is 0 Å². The predicted molar refractivity (Wildman–Crippen MR) is 124 cm³/mol. The van der Waals surface area contributed by atoms with Gasteiger partial charge in [-0.15, -0.1) is 12.4 Å². The van der Waals surface area contributed by atoms with E-state index >= 15 is 0 Å². The van der Waals surface area contributed by atoms with Gasteiger partial charge in [0, 0.05) is 19.3 Å². The van der Waals surface area contributed by atoms with E-state index in [0.717, 1.165) is 31.5 Å². The van der Waals surface area contributed by atoms with Crippen LogP contribution < -0.4 is 19.6 Å². The number of hydrazine groups is 1. The lowest BCUT2D eigenvalue weighted by Crippen LogP contribution is -2.45. The molecule has 33 heavy (non-hydrogen) atoms. The third-order valence-electron chi connectivity index (χ3n) is 6.23. The van der Waals surface area contributed by atoms with Gasteiger partial charge in [-0.3, -0.25) is 10.2 Å². The van der Waals surface area contributed by atoms with Crippen molar-refractivity contribution in [2.24, 2.45) is 5.92 Å². The zero-order chi connectivity index (χ0) is 21.5. The Kier molecular flexibility index (Phi) is 5.99. The summed E-state index contributed by atoms with van der Waals surface area (Å²) < 4.78 is 17.5. The molecular formula is C23H26ClN5O4. The summed E-state index contributed by atoms with van der Waals surface area (Å²) in [5, 5.41) is 1.98. The van der Waals surface area contributed by atoms with Crippen LogP contribution in [0, 0.1) is 5.92 Å². The third kappa shape index (κ3) is 4.18. The second-order valence-electron chi connectivity index (χ2n) is 8.56. The minimum absolute atomic E-state index is 0. The van der Waals surface area contributed by atoms with Crippen molar-refractivity contribution in [3.8, 4) is 28.5 Å². The van der Waals surface area contributed by atoms with Crippen molar-refractivity contribution in [2.75, 3.05) is 26.5 Å². The fourth-order valence-electron chi connectivity index (χ4n) is 4.30. The molecule has 9 nitrogen and oxygen atoms in total. The number of halogens is 1. The number of amides is 1. The molecule has 0 radical (unpaired) electrons. The molecule has 10 heteroatoms. The van der Waals surface area contributed by atoms with Gasteiger partial charge >= 0.3 is 0 Å². The Morgan fingerprint density at radius 3 is 2.85 bits per heavy atom. The summed E-state index contributed by atoms with van der Waals surface area (Å²) in [6, 6.07) is 3.75. The van der Waals surface area contributed by atoms with Crippen LogP contribution in [0.25, 0.3) is 22.3 Å². The molecule has 1 saturated heterocycles. The van der Waals surface area contributed by atoms with E-state index < -0.39 is 0 Å². The summed E-state index contributed by atoms with van der Waals surface area (Å²) in [5.74, 6) is 2.38. The molecule has 0 bridgehead atoms. The lowest BCUT2D eigenvalue weighted by molar-refractivity contribution is 0.0751. The van der Waals surface area contributed by atoms with Gasteiger partial charge in [-0.2, -0.15) is 0 Å². The van der Waals surface area contributed by atoms with Crippen LogP contribution in [0.2, 0.25) is 0 Å². The topological polar surface area (TPSA) is 102 Å². The molecular weight excluding hydrogens is 446 g/mol. The fraction of sp³-hybridized carbons (Fsp3) is 0.435. The number of carbonyl (C=O) groups excluding carboxylic acids is 1. The van der Waals surface area contributed by atoms with Crippen LogP contribution in [0.15, 0.2) is 24.7 Å². The van der Waals surface area contributed by atoms with E-state index in [-0.39, 0.29) is 25.1 Å². The summed E-state index contributed by atoms with van der Waals surface area (Å²) >= 11 is 0. The summed E-state index contributed by atoms with van der Waals surface area (Å²) in [7, 11) is 0. The lowest BCUT2D eigenvalue weighted by Gasteiger charge is -2.26. The van der Waals surface area contributed by atoms with Crippen molar-refractivity contribution < 1.29 is 19.0 Å². The smallest absolute Gasteiger partial charge is 0.269 e. The maximum atomic E-state index is 13.0. The molecule has 1 saturated carbocycles. The molecule has 2 N–H and O–H groups in total. The Morgan fingerprint density at radius 1 is 1.18 bits per heavy atom. The minimum Gasteiger partial charge on any atom is -0.492 e. The van der Waals surface area contributed by atoms with Crippen LogP contribution in [0.5, 0.6) is 17.2 Å². The van der Waals surface area contributed by atoms with Crippen LogP contribution in [-0.2, 0) is 0 Å². The number of nitrogens with zero attached hydrogens (tertiary/aromatic N) is 3. The van der Waals surface area contributed by atoms with Gasteiger partial charge in [0.05, 0.1) is 23.3 Å². The van der Waals surface area contributed by atoms with Gasteiger partial charge in [0.15, 0.2) is 11.5 Å². The number of hydrogen-bond donors (Lipinski definition) is 2. The summed E-state index contributed by atoms with van der Waals surface area (Å²) in [6.07, 6.45) is 8.94. The molecule has 1 aliphatic carbocycles. The highest BCUT2D eigenvalue weighted by Crippen LogP contribution is 2.48. The number of fused-ring (bicyclic) bond motifs is 2. The molecule has 2 aromatic heterocycles. The average Bonchev–Trinajstić information content (AvgIpc) is 3.34. The van der Waals surface area contributed by atoms with Gasteiger partial charge in [0.1, 0.15) is 23.3 Å². The minimum atomic E-state index is -0.175. The second kappa shape index (κ2) is 9.07. The largest absolute Gasteiger partial charge is 0.492 e. The van der Waals surface area contributed by atoms with Crippen molar-refractivity contribution in [1.82, 2.24) is 25.4 Å². The molecule has 1 aromatic carbocycles. The van der Waals surface area contributed by atoms with Crippen molar-refractivity contribution in [2.45, 2.75) is 32.1 Å². The van der Waals surface area contributed by atoms with Gasteiger partial charge in [-0.05, 0) is 43.7 Å². The number of rotatable bonds is 6. The van der Waals surface area contributed by atoms with E-state index in [1.807, 2.05) is 17.1 Å². The predicted octanol–water partition coefficient (Wildman–Crippen LogP) is 3.69. The number of aromatic amines is 1. The van der Waals surface area contributed by atoms with E-state index in [0.29, 0.717) is 52.1 Å². The van der Waals surface area contributed by atoms with Crippen LogP contribution in [0.3, 0.4) is 0 Å². The molecule has 4 heterocycles. The summed E-state index contributed by atoms with van der Waals surface area (Å²) in [6.45, 7) is 2.54. The lowest BCUT2D eigenvalue weighted by atomic mass is 10.1. The maximum Gasteiger partial charge on any atom is 0.269 e. The second-order valence-corrected chi connectivity index (χ2v) is 8.56. The number of piperidine rings is 1. The Labute approximate surface area is 197 Å². The number of hydrogen-bond acceptors (Lipinski definition) is 7. The molecule has 174 valence electrons. The Balaban J connectivity index is 0.00000228. The molecule has 3 aromatic rings. The number of benzene rings is 1. The first-order chi connectivity index (χ1) is 15.8. The first-order valence-corrected chi connectivity index (χ1v) is 11.2. The van der Waals surface area contributed by atoms with E-state index in [2.05, 4.69) is 20.4 Å². The van der Waals surface area contributed by atoms with E-state index in [9.17, 15) is 4.79 Å².